The summed E-state index contributed by atoms with van der Waals surface area (Å²) in [5.41, 5.74) is -0.528. The molecule has 0 radical (unpaired) electrons. The van der Waals surface area contributed by atoms with Crippen molar-refractivity contribution in [1.29, 1.82) is 0 Å². The van der Waals surface area contributed by atoms with Gasteiger partial charge in [0.1, 0.15) is 36.1 Å². The fraction of sp³-hybridized carbons (Fsp3) is 0.212. The number of hydrogen-bond donors (Lipinski definition) is 1. The van der Waals surface area contributed by atoms with E-state index in [1.165, 1.54) is 22.9 Å². The van der Waals surface area contributed by atoms with Crippen LogP contribution in [0.5, 0.6) is 28.7 Å². The molecule has 11 nitrogen and oxygen atoms in total. The lowest BCUT2D eigenvalue weighted by Gasteiger charge is -2.23. The van der Waals surface area contributed by atoms with Gasteiger partial charge in [0.2, 0.25) is 5.75 Å². The lowest BCUT2D eigenvalue weighted by Crippen LogP contribution is -2.42. The third-order valence-corrected chi connectivity index (χ3v) is 7.43. The van der Waals surface area contributed by atoms with Crippen LogP contribution in [0.25, 0.3) is 16.6 Å². The lowest BCUT2D eigenvalue weighted by atomic mass is 10.1. The molecule has 0 saturated heterocycles. The first kappa shape index (κ1) is 28.1. The van der Waals surface area contributed by atoms with Crippen LogP contribution in [0.3, 0.4) is 0 Å². The highest BCUT2D eigenvalue weighted by Gasteiger charge is 2.30. The molecule has 3 heterocycles. The number of pyridine rings is 1. The fourth-order valence-electron chi connectivity index (χ4n) is 5.05. The van der Waals surface area contributed by atoms with Gasteiger partial charge in [0.15, 0.2) is 11.5 Å². The maximum atomic E-state index is 13.5. The maximum absolute atomic E-state index is 13.5. The summed E-state index contributed by atoms with van der Waals surface area (Å²) < 4.78 is 39.8. The number of hydrogen-bond acceptors (Lipinski definition) is 8. The Morgan fingerprint density at radius 3 is 2.44 bits per heavy atom. The van der Waals surface area contributed by atoms with Gasteiger partial charge in [0, 0.05) is 30.7 Å². The smallest absolute Gasteiger partial charge is 0.335 e. The second-order valence-electron chi connectivity index (χ2n) is 10.6. The zero-order valence-electron chi connectivity index (χ0n) is 24.1. The van der Waals surface area contributed by atoms with E-state index >= 15 is 0 Å². The summed E-state index contributed by atoms with van der Waals surface area (Å²) in [5, 5.41) is 3.35. The molecule has 7 rings (SSSR count). The summed E-state index contributed by atoms with van der Waals surface area (Å²) in [6.45, 7) is 2.71. The molecule has 45 heavy (non-hydrogen) atoms. The van der Waals surface area contributed by atoms with Gasteiger partial charge >= 0.3 is 5.69 Å². The number of carbonyl (C=O) groups is 1. The van der Waals surface area contributed by atoms with Crippen molar-refractivity contribution < 1.29 is 28.1 Å². The largest absolute Gasteiger partial charge is 0.486 e. The summed E-state index contributed by atoms with van der Waals surface area (Å²) >= 11 is 0. The Labute approximate surface area is 255 Å². The number of carbonyl (C=O) groups excluding carboxylic acids is 1. The summed E-state index contributed by atoms with van der Waals surface area (Å²) in [5.74, 6) is 1.39. The number of nitrogens with one attached hydrogen (secondary N) is 1. The molecule has 3 aromatic carbocycles. The molecular formula is C33H27FN4O7. The van der Waals surface area contributed by atoms with E-state index in [0.29, 0.717) is 58.6 Å². The van der Waals surface area contributed by atoms with Gasteiger partial charge in [0.25, 0.3) is 11.5 Å². The van der Waals surface area contributed by atoms with Gasteiger partial charge < -0.3 is 24.3 Å². The molecule has 1 amide bonds. The zero-order valence-corrected chi connectivity index (χ0v) is 24.1. The minimum absolute atomic E-state index is 0.151. The van der Waals surface area contributed by atoms with Crippen molar-refractivity contribution >= 4 is 22.5 Å². The number of amides is 1. The number of ether oxygens (including phenoxy) is 4. The van der Waals surface area contributed by atoms with Crippen molar-refractivity contribution in [3.63, 3.8) is 0 Å². The van der Waals surface area contributed by atoms with Crippen molar-refractivity contribution in [2.24, 2.45) is 0 Å². The molecule has 1 fully saturated rings. The molecule has 1 aliphatic carbocycles. The molecule has 0 atom stereocenters. The Hall–Kier alpha value is -5.65. The van der Waals surface area contributed by atoms with Crippen LogP contribution >= 0.6 is 0 Å². The van der Waals surface area contributed by atoms with E-state index in [0.717, 1.165) is 29.5 Å². The average Bonchev–Trinajstić information content (AvgIpc) is 3.87. The Kier molecular flexibility index (Phi) is 7.16. The Morgan fingerprint density at radius 2 is 1.73 bits per heavy atom. The molecule has 228 valence electrons. The molecule has 0 bridgehead atoms. The highest BCUT2D eigenvalue weighted by atomic mass is 19.1. The summed E-state index contributed by atoms with van der Waals surface area (Å²) in [7, 11) is 0. The normalized spacial score (nSPS) is 13.8. The molecule has 2 aliphatic rings. The standard InChI is InChI=1S/C33H27FN4O7/c1-2-37-18-24(32(40)38(33(37)41)21-7-3-19(34)4-8-21)31(39)36-20-5-9-22(10-6-20)44-26-13-14-35-25-17-27(45-23-11-12-23)29-30(28(25)26)43-16-15-42-29/h3-10,13-14,17-18,23H,2,11-12,15-16H2,1H3,(H,36,39). The van der Waals surface area contributed by atoms with Gasteiger partial charge in [-0.2, -0.15) is 0 Å². The number of fused-ring (bicyclic) bond motifs is 3. The molecule has 2 aromatic heterocycles. The number of aryl methyl sites for hydroxylation is 1. The number of aromatic nitrogens is 3. The monoisotopic (exact) mass is 610 g/mol. The van der Waals surface area contributed by atoms with Crippen LogP contribution in [-0.2, 0) is 6.54 Å². The van der Waals surface area contributed by atoms with E-state index < -0.39 is 23.0 Å². The first-order valence-electron chi connectivity index (χ1n) is 14.5. The zero-order chi connectivity index (χ0) is 31.1. The van der Waals surface area contributed by atoms with Gasteiger partial charge in [-0.3, -0.25) is 19.1 Å². The number of benzene rings is 3. The van der Waals surface area contributed by atoms with Crippen LogP contribution in [-0.4, -0.2) is 39.3 Å². The number of nitrogens with zero attached hydrogens (tertiary/aromatic N) is 3. The van der Waals surface area contributed by atoms with Crippen LogP contribution in [0.2, 0.25) is 0 Å². The minimum Gasteiger partial charge on any atom is -0.486 e. The predicted octanol–water partition coefficient (Wildman–Crippen LogP) is 5.06. The first-order valence-corrected chi connectivity index (χ1v) is 14.5. The van der Waals surface area contributed by atoms with Gasteiger partial charge in [0.05, 0.1) is 22.7 Å². The van der Waals surface area contributed by atoms with Crippen molar-refractivity contribution in [2.75, 3.05) is 18.5 Å². The van der Waals surface area contributed by atoms with Crippen LogP contribution < -0.4 is 35.5 Å². The van der Waals surface area contributed by atoms with Gasteiger partial charge in [-0.05, 0) is 74.4 Å². The quantitative estimate of drug-likeness (QED) is 0.259. The van der Waals surface area contributed by atoms with E-state index in [9.17, 15) is 18.8 Å². The molecule has 1 N–H and O–H groups in total. The van der Waals surface area contributed by atoms with E-state index in [4.69, 9.17) is 18.9 Å². The third kappa shape index (κ3) is 5.46. The Bertz CT molecular complexity index is 2050. The molecule has 0 spiro atoms. The maximum Gasteiger partial charge on any atom is 0.335 e. The van der Waals surface area contributed by atoms with Crippen molar-refractivity contribution in [2.45, 2.75) is 32.4 Å². The van der Waals surface area contributed by atoms with Gasteiger partial charge in [-0.15, -0.1) is 0 Å². The number of halogens is 1. The fourth-order valence-corrected chi connectivity index (χ4v) is 5.05. The second kappa shape index (κ2) is 11.5. The van der Waals surface area contributed by atoms with Crippen LogP contribution in [0.4, 0.5) is 10.1 Å². The van der Waals surface area contributed by atoms with E-state index in [1.54, 1.807) is 43.5 Å². The van der Waals surface area contributed by atoms with Crippen molar-refractivity contribution in [3.05, 3.63) is 105 Å². The molecule has 0 unspecified atom stereocenters. The topological polar surface area (TPSA) is 123 Å². The predicted molar refractivity (Wildman–Crippen MR) is 163 cm³/mol. The molecule has 12 heteroatoms. The SMILES string of the molecule is CCn1cc(C(=O)Nc2ccc(Oc3ccnc4cc(OC5CC5)c5c(c34)OCCO5)cc2)c(=O)n(-c2ccc(F)cc2)c1=O. The van der Waals surface area contributed by atoms with Gasteiger partial charge in [-0.25, -0.2) is 13.8 Å². The highest BCUT2D eigenvalue weighted by Crippen LogP contribution is 2.49. The van der Waals surface area contributed by atoms with E-state index in [2.05, 4.69) is 10.3 Å². The number of anilines is 1. The first-order chi connectivity index (χ1) is 21.9. The third-order valence-electron chi connectivity index (χ3n) is 7.43. The van der Waals surface area contributed by atoms with E-state index in [1.807, 2.05) is 6.07 Å². The van der Waals surface area contributed by atoms with Crippen molar-refractivity contribution in [1.82, 2.24) is 14.1 Å². The second-order valence-corrected chi connectivity index (χ2v) is 10.6. The Morgan fingerprint density at radius 1 is 1.00 bits per heavy atom. The molecule has 1 saturated carbocycles. The number of rotatable bonds is 8. The summed E-state index contributed by atoms with van der Waals surface area (Å²) in [6.07, 6.45) is 5.03. The Balaban J connectivity index is 1.15. The lowest BCUT2D eigenvalue weighted by molar-refractivity contribution is 0.102. The molecule has 5 aromatic rings. The van der Waals surface area contributed by atoms with Crippen LogP contribution in [0.1, 0.15) is 30.1 Å². The molecule has 1 aliphatic heterocycles. The minimum atomic E-state index is -0.821. The van der Waals surface area contributed by atoms with Crippen LogP contribution in [0.15, 0.2) is 82.6 Å². The highest BCUT2D eigenvalue weighted by molar-refractivity contribution is 6.04. The molecular weight excluding hydrogens is 583 g/mol. The van der Waals surface area contributed by atoms with Crippen LogP contribution in [0, 0.1) is 5.82 Å². The van der Waals surface area contributed by atoms with Gasteiger partial charge in [-0.1, -0.05) is 0 Å². The summed E-state index contributed by atoms with van der Waals surface area (Å²) in [6, 6.07) is 15.0. The van der Waals surface area contributed by atoms with Crippen molar-refractivity contribution in [3.8, 4) is 34.4 Å². The average molecular weight is 611 g/mol. The summed E-state index contributed by atoms with van der Waals surface area (Å²) in [4.78, 5) is 43.9. The van der Waals surface area contributed by atoms with E-state index in [-0.39, 0.29) is 23.9 Å².